The Morgan fingerprint density at radius 3 is 2.44 bits per heavy atom. The quantitative estimate of drug-likeness (QED) is 0.743. The summed E-state index contributed by atoms with van der Waals surface area (Å²) in [6.07, 6.45) is -7.49. The van der Waals surface area contributed by atoms with Crippen molar-refractivity contribution in [3.8, 4) is 0 Å². The lowest BCUT2D eigenvalue weighted by atomic mass is 10.2. The molecule has 2 heterocycles. The van der Waals surface area contributed by atoms with Gasteiger partial charge in [0.05, 0.1) is 12.7 Å². The summed E-state index contributed by atoms with van der Waals surface area (Å²) in [7, 11) is -2.11. The van der Waals surface area contributed by atoms with Crippen LogP contribution in [-0.2, 0) is 15.3 Å². The molecule has 0 amide bonds. The van der Waals surface area contributed by atoms with Crippen LogP contribution in [0.2, 0.25) is 18.1 Å². The summed E-state index contributed by atoms with van der Waals surface area (Å²) in [5.74, 6) is 0. The zero-order valence-electron chi connectivity index (χ0n) is 15.9. The Balaban J connectivity index is 2.20. The summed E-state index contributed by atoms with van der Waals surface area (Å²) < 4.78 is 51.0. The molecule has 154 valence electrons. The second-order valence-electron chi connectivity index (χ2n) is 8.21. The van der Waals surface area contributed by atoms with Crippen molar-refractivity contribution < 1.29 is 27.4 Å². The van der Waals surface area contributed by atoms with Crippen LogP contribution in [0.15, 0.2) is 15.8 Å². The van der Waals surface area contributed by atoms with E-state index in [4.69, 9.17) is 9.16 Å². The minimum absolute atomic E-state index is 0.0621. The van der Waals surface area contributed by atoms with Gasteiger partial charge in [0, 0.05) is 12.6 Å². The maximum Gasteiger partial charge on any atom is 0.423 e. The minimum atomic E-state index is -4.91. The predicted molar refractivity (Wildman–Crippen MR) is 94.0 cm³/mol. The molecule has 0 aliphatic carbocycles. The molecule has 3 atom stereocenters. The maximum atomic E-state index is 12.9. The van der Waals surface area contributed by atoms with E-state index in [9.17, 15) is 27.9 Å². The van der Waals surface area contributed by atoms with E-state index in [0.717, 1.165) is 0 Å². The van der Waals surface area contributed by atoms with Crippen LogP contribution in [0.5, 0.6) is 0 Å². The van der Waals surface area contributed by atoms with Gasteiger partial charge in [0.15, 0.2) is 8.32 Å². The third kappa shape index (κ3) is 4.70. The van der Waals surface area contributed by atoms with Crippen molar-refractivity contribution in [2.45, 2.75) is 69.9 Å². The van der Waals surface area contributed by atoms with E-state index in [2.05, 4.69) is 0 Å². The van der Waals surface area contributed by atoms with Crippen molar-refractivity contribution in [2.75, 3.05) is 6.61 Å². The first-order chi connectivity index (χ1) is 12.1. The Bertz CT molecular complexity index is 797. The van der Waals surface area contributed by atoms with Gasteiger partial charge < -0.3 is 14.3 Å². The maximum absolute atomic E-state index is 12.9. The monoisotopic (exact) mass is 410 g/mol. The van der Waals surface area contributed by atoms with Crippen LogP contribution < -0.4 is 11.2 Å². The van der Waals surface area contributed by atoms with E-state index >= 15 is 0 Å². The molecule has 0 unspecified atom stereocenters. The zero-order valence-corrected chi connectivity index (χ0v) is 16.9. The zero-order chi connectivity index (χ0) is 20.8. The Labute approximate surface area is 155 Å². The van der Waals surface area contributed by atoms with Crippen LogP contribution in [0.4, 0.5) is 13.2 Å². The number of aliphatic hydroxyl groups excluding tert-OH is 1. The lowest BCUT2D eigenvalue weighted by Gasteiger charge is -2.37. The van der Waals surface area contributed by atoms with Gasteiger partial charge in [-0.1, -0.05) is 20.8 Å². The average molecular weight is 410 g/mol. The van der Waals surface area contributed by atoms with E-state index in [1.54, 1.807) is 4.98 Å². The molecule has 1 aromatic heterocycles. The first-order valence-corrected chi connectivity index (χ1v) is 11.4. The van der Waals surface area contributed by atoms with Crippen LogP contribution >= 0.6 is 0 Å². The molecule has 7 nitrogen and oxygen atoms in total. The van der Waals surface area contributed by atoms with E-state index in [-0.39, 0.29) is 18.1 Å². The van der Waals surface area contributed by atoms with E-state index in [0.29, 0.717) is 10.8 Å². The fraction of sp³-hybridized carbons (Fsp3) is 0.750. The highest BCUT2D eigenvalue weighted by Crippen LogP contribution is 2.37. The molecule has 2 N–H and O–H groups in total. The van der Waals surface area contributed by atoms with Crippen LogP contribution in [0.25, 0.3) is 0 Å². The predicted octanol–water partition coefficient (Wildman–Crippen LogP) is 2.23. The highest BCUT2D eigenvalue weighted by atomic mass is 28.4. The van der Waals surface area contributed by atoms with Gasteiger partial charge in [-0.05, 0) is 18.1 Å². The second kappa shape index (κ2) is 7.19. The lowest BCUT2D eigenvalue weighted by Crippen LogP contribution is -2.44. The van der Waals surface area contributed by atoms with Gasteiger partial charge in [0.1, 0.15) is 17.9 Å². The summed E-state index contributed by atoms with van der Waals surface area (Å²) in [5.41, 5.74) is -4.04. The number of ether oxygens (including phenoxy) is 1. The molecule has 1 aliphatic rings. The number of aromatic amines is 1. The van der Waals surface area contributed by atoms with Crippen molar-refractivity contribution in [3.63, 3.8) is 0 Å². The Morgan fingerprint density at radius 1 is 1.33 bits per heavy atom. The number of hydrogen-bond acceptors (Lipinski definition) is 5. The summed E-state index contributed by atoms with van der Waals surface area (Å²) in [6.45, 7) is 10.3. The molecule has 1 aliphatic heterocycles. The van der Waals surface area contributed by atoms with Gasteiger partial charge in [-0.25, -0.2) is 4.79 Å². The molecule has 1 saturated heterocycles. The number of nitrogens with zero attached hydrogens (tertiary/aromatic N) is 1. The average Bonchev–Trinajstić information content (AvgIpc) is 2.83. The molecule has 11 heteroatoms. The number of aliphatic hydroxyl groups is 1. The first kappa shape index (κ1) is 21.9. The van der Waals surface area contributed by atoms with Crippen molar-refractivity contribution in [1.82, 2.24) is 9.55 Å². The van der Waals surface area contributed by atoms with Gasteiger partial charge in [0.25, 0.3) is 5.56 Å². The molecular formula is C16H25F3N2O5Si. The number of aromatic nitrogens is 2. The third-order valence-corrected chi connectivity index (χ3v) is 9.70. The number of hydrogen-bond donors (Lipinski definition) is 2. The van der Waals surface area contributed by atoms with Crippen molar-refractivity contribution >= 4 is 8.32 Å². The summed E-state index contributed by atoms with van der Waals surface area (Å²) in [5, 5.41) is 10.1. The van der Waals surface area contributed by atoms with Crippen LogP contribution in [0.1, 0.15) is 39.0 Å². The van der Waals surface area contributed by atoms with Crippen LogP contribution in [0, 0.1) is 0 Å². The van der Waals surface area contributed by atoms with Crippen LogP contribution in [-0.4, -0.2) is 41.8 Å². The first-order valence-electron chi connectivity index (χ1n) is 8.53. The smallest absolute Gasteiger partial charge is 0.414 e. The van der Waals surface area contributed by atoms with E-state index in [1.165, 1.54) is 0 Å². The largest absolute Gasteiger partial charge is 0.423 e. The fourth-order valence-electron chi connectivity index (χ4n) is 2.44. The Hall–Kier alpha value is -1.43. The summed E-state index contributed by atoms with van der Waals surface area (Å²) in [4.78, 5) is 25.0. The van der Waals surface area contributed by atoms with E-state index in [1.807, 2.05) is 33.9 Å². The minimum Gasteiger partial charge on any atom is -0.414 e. The van der Waals surface area contributed by atoms with Crippen LogP contribution in [0.3, 0.4) is 0 Å². The highest BCUT2D eigenvalue weighted by molar-refractivity contribution is 6.74. The Kier molecular flexibility index (Phi) is 5.82. The summed E-state index contributed by atoms with van der Waals surface area (Å²) >= 11 is 0. The molecule has 0 saturated carbocycles. The Morgan fingerprint density at radius 2 is 1.93 bits per heavy atom. The normalized spacial score (nSPS) is 24.4. The van der Waals surface area contributed by atoms with Crippen molar-refractivity contribution in [2.24, 2.45) is 0 Å². The van der Waals surface area contributed by atoms with Crippen molar-refractivity contribution in [1.29, 1.82) is 0 Å². The molecule has 27 heavy (non-hydrogen) atoms. The summed E-state index contributed by atoms with van der Waals surface area (Å²) in [6, 6.07) is 0. The van der Waals surface area contributed by atoms with Crippen molar-refractivity contribution in [3.05, 3.63) is 32.6 Å². The molecule has 0 bridgehead atoms. The van der Waals surface area contributed by atoms with E-state index < -0.39 is 49.7 Å². The molecular weight excluding hydrogens is 385 g/mol. The number of rotatable bonds is 4. The number of H-pyrrole nitrogens is 1. The molecule has 0 aromatic carbocycles. The molecule has 0 spiro atoms. The second-order valence-corrected chi connectivity index (χ2v) is 13.0. The van der Waals surface area contributed by atoms with Gasteiger partial charge >= 0.3 is 11.9 Å². The number of halogens is 3. The van der Waals surface area contributed by atoms with Gasteiger partial charge in [-0.3, -0.25) is 14.3 Å². The molecule has 1 aromatic rings. The molecule has 1 fully saturated rings. The number of nitrogens with one attached hydrogen (secondary N) is 1. The standard InChI is InChI=1S/C16H25F3N2O5Si/c1-15(2,3)27(4,5)25-8-11-10(22)6-12(26-11)21-7-9(16(17,18)19)13(23)20-14(21)24/h7,10-12,22H,6,8H2,1-5H3,(H,20,23,24)/t10-,11+,12+/m0/s1. The highest BCUT2D eigenvalue weighted by Gasteiger charge is 2.42. The topological polar surface area (TPSA) is 93.5 Å². The SMILES string of the molecule is CC(C)(C)[Si](C)(C)OC[C@H]1O[C@@H](n2cc(C(F)(F)F)c(=O)[nH]c2=O)C[C@@H]1O. The van der Waals surface area contributed by atoms with Gasteiger partial charge in [-0.2, -0.15) is 13.2 Å². The molecule has 0 radical (unpaired) electrons. The van der Waals surface area contributed by atoms with Gasteiger partial charge in [-0.15, -0.1) is 0 Å². The molecule has 2 rings (SSSR count). The number of alkyl halides is 3. The van der Waals surface area contributed by atoms with Gasteiger partial charge in [0.2, 0.25) is 0 Å². The lowest BCUT2D eigenvalue weighted by molar-refractivity contribution is -0.139. The third-order valence-electron chi connectivity index (χ3n) is 5.20. The fourth-order valence-corrected chi connectivity index (χ4v) is 3.46.